The Morgan fingerprint density at radius 1 is 1.07 bits per heavy atom. The van der Waals surface area contributed by atoms with Crippen LogP contribution in [0, 0.1) is 0 Å². The SMILES string of the molecule is COc1cccc(CC(=O)N2CCC(OC3CCN(S(C)(=O)=O)CC3)CC2)c1. The lowest BCUT2D eigenvalue weighted by molar-refractivity contribution is -0.134. The molecule has 2 aliphatic heterocycles. The fourth-order valence-corrected chi connectivity index (χ4v) is 4.76. The van der Waals surface area contributed by atoms with Crippen LogP contribution in [-0.2, 0) is 26.0 Å². The second kappa shape index (κ2) is 9.24. The van der Waals surface area contributed by atoms with Crippen LogP contribution in [0.25, 0.3) is 0 Å². The fraction of sp³-hybridized carbons (Fsp3) is 0.650. The largest absolute Gasteiger partial charge is 0.497 e. The van der Waals surface area contributed by atoms with Gasteiger partial charge in [-0.3, -0.25) is 4.79 Å². The second-order valence-electron chi connectivity index (χ2n) is 7.61. The minimum Gasteiger partial charge on any atom is -0.497 e. The van der Waals surface area contributed by atoms with Crippen molar-refractivity contribution in [3.05, 3.63) is 29.8 Å². The number of amides is 1. The molecule has 0 radical (unpaired) electrons. The van der Waals surface area contributed by atoms with Crippen molar-refractivity contribution in [2.75, 3.05) is 39.5 Å². The molecular formula is C20H30N2O5S. The summed E-state index contributed by atoms with van der Waals surface area (Å²) in [6.07, 6.45) is 5.04. The molecule has 0 aromatic heterocycles. The first-order valence-electron chi connectivity index (χ1n) is 9.86. The van der Waals surface area contributed by atoms with Crippen LogP contribution < -0.4 is 4.74 Å². The van der Waals surface area contributed by atoms with Crippen molar-refractivity contribution < 1.29 is 22.7 Å². The van der Waals surface area contributed by atoms with Crippen molar-refractivity contribution in [2.45, 2.75) is 44.3 Å². The molecule has 0 aliphatic carbocycles. The molecule has 0 spiro atoms. The van der Waals surface area contributed by atoms with Crippen LogP contribution in [0.3, 0.4) is 0 Å². The van der Waals surface area contributed by atoms with Gasteiger partial charge < -0.3 is 14.4 Å². The summed E-state index contributed by atoms with van der Waals surface area (Å²) in [4.78, 5) is 14.5. The van der Waals surface area contributed by atoms with Crippen molar-refractivity contribution in [3.8, 4) is 5.75 Å². The average molecular weight is 411 g/mol. The maximum Gasteiger partial charge on any atom is 0.226 e. The summed E-state index contributed by atoms with van der Waals surface area (Å²) in [5.41, 5.74) is 0.959. The Morgan fingerprint density at radius 2 is 1.68 bits per heavy atom. The van der Waals surface area contributed by atoms with Gasteiger partial charge in [-0.2, -0.15) is 0 Å². The number of nitrogens with zero attached hydrogens (tertiary/aromatic N) is 2. The lowest BCUT2D eigenvalue weighted by Crippen LogP contribution is -2.45. The Kier molecular flexibility index (Phi) is 6.95. The molecule has 7 nitrogen and oxygen atoms in total. The van der Waals surface area contributed by atoms with Crippen LogP contribution in [0.2, 0.25) is 0 Å². The van der Waals surface area contributed by atoms with E-state index < -0.39 is 10.0 Å². The van der Waals surface area contributed by atoms with Gasteiger partial charge in [-0.05, 0) is 43.4 Å². The molecule has 1 aromatic rings. The first kappa shape index (κ1) is 21.1. The number of sulfonamides is 1. The van der Waals surface area contributed by atoms with E-state index in [1.165, 1.54) is 10.6 Å². The number of ether oxygens (including phenoxy) is 2. The molecule has 0 saturated carbocycles. The summed E-state index contributed by atoms with van der Waals surface area (Å²) in [7, 11) is -1.48. The number of hydrogen-bond donors (Lipinski definition) is 0. The highest BCUT2D eigenvalue weighted by Gasteiger charge is 2.29. The minimum atomic E-state index is -3.10. The molecule has 2 fully saturated rings. The van der Waals surface area contributed by atoms with E-state index in [9.17, 15) is 13.2 Å². The van der Waals surface area contributed by atoms with Gasteiger partial charge in [0, 0.05) is 26.2 Å². The average Bonchev–Trinajstić information content (AvgIpc) is 2.68. The topological polar surface area (TPSA) is 76.2 Å². The number of methoxy groups -OCH3 is 1. The zero-order valence-electron chi connectivity index (χ0n) is 16.7. The summed E-state index contributed by atoms with van der Waals surface area (Å²) in [6, 6.07) is 7.61. The maximum atomic E-state index is 12.6. The highest BCUT2D eigenvalue weighted by atomic mass is 32.2. The molecule has 28 heavy (non-hydrogen) atoms. The molecule has 1 amide bonds. The molecule has 1 aromatic carbocycles. The van der Waals surface area contributed by atoms with Crippen LogP contribution in [0.15, 0.2) is 24.3 Å². The summed E-state index contributed by atoms with van der Waals surface area (Å²) in [5, 5.41) is 0. The van der Waals surface area contributed by atoms with Gasteiger partial charge >= 0.3 is 0 Å². The van der Waals surface area contributed by atoms with E-state index in [4.69, 9.17) is 9.47 Å². The van der Waals surface area contributed by atoms with E-state index in [-0.39, 0.29) is 18.1 Å². The Bertz CT molecular complexity index is 767. The first-order chi connectivity index (χ1) is 13.3. The molecule has 2 aliphatic rings. The normalized spacial score (nSPS) is 20.3. The summed E-state index contributed by atoms with van der Waals surface area (Å²) < 4.78 is 36.1. The van der Waals surface area contributed by atoms with E-state index in [1.807, 2.05) is 29.2 Å². The van der Waals surface area contributed by atoms with Crippen molar-refractivity contribution in [1.29, 1.82) is 0 Å². The summed E-state index contributed by atoms with van der Waals surface area (Å²) >= 11 is 0. The molecule has 156 valence electrons. The lowest BCUT2D eigenvalue weighted by Gasteiger charge is -2.36. The van der Waals surface area contributed by atoms with Gasteiger partial charge in [0.05, 0.1) is 32.0 Å². The summed E-state index contributed by atoms with van der Waals surface area (Å²) in [5.74, 6) is 0.896. The number of piperidine rings is 2. The molecule has 0 unspecified atom stereocenters. The van der Waals surface area contributed by atoms with Crippen LogP contribution in [-0.4, -0.2) is 75.3 Å². The van der Waals surface area contributed by atoms with Crippen LogP contribution in [0.5, 0.6) is 5.75 Å². The molecule has 3 rings (SSSR count). The van der Waals surface area contributed by atoms with Crippen LogP contribution >= 0.6 is 0 Å². The third-order valence-corrected chi connectivity index (χ3v) is 6.84. The lowest BCUT2D eigenvalue weighted by atomic mass is 10.0. The van der Waals surface area contributed by atoms with Gasteiger partial charge in [0.15, 0.2) is 0 Å². The highest BCUT2D eigenvalue weighted by molar-refractivity contribution is 7.88. The monoisotopic (exact) mass is 410 g/mol. The maximum absolute atomic E-state index is 12.6. The quantitative estimate of drug-likeness (QED) is 0.713. The van der Waals surface area contributed by atoms with E-state index in [2.05, 4.69) is 0 Å². The predicted octanol–water partition coefficient (Wildman–Crippen LogP) is 1.67. The molecular weight excluding hydrogens is 380 g/mol. The Hall–Kier alpha value is -1.64. The molecule has 0 N–H and O–H groups in total. The highest BCUT2D eigenvalue weighted by Crippen LogP contribution is 2.22. The van der Waals surface area contributed by atoms with Gasteiger partial charge in [0.2, 0.25) is 15.9 Å². The molecule has 0 atom stereocenters. The minimum absolute atomic E-state index is 0.113. The standard InChI is InChI=1S/C20H30N2O5S/c1-26-19-5-3-4-16(14-19)15-20(23)21-10-6-17(7-11-21)27-18-8-12-22(13-9-18)28(2,24)25/h3-5,14,17-18H,6-13,15H2,1-2H3. The summed E-state index contributed by atoms with van der Waals surface area (Å²) in [6.45, 7) is 2.47. The van der Waals surface area contributed by atoms with E-state index in [0.29, 0.717) is 32.6 Å². The number of carbonyl (C=O) groups is 1. The first-order valence-corrected chi connectivity index (χ1v) is 11.7. The third kappa shape index (κ3) is 5.68. The van der Waals surface area contributed by atoms with Gasteiger partial charge in [-0.25, -0.2) is 12.7 Å². The Labute approximate surface area is 167 Å². The van der Waals surface area contributed by atoms with Gasteiger partial charge in [0.25, 0.3) is 0 Å². The van der Waals surface area contributed by atoms with Crippen LogP contribution in [0.1, 0.15) is 31.2 Å². The molecule has 2 heterocycles. The van der Waals surface area contributed by atoms with Gasteiger partial charge in [-0.15, -0.1) is 0 Å². The van der Waals surface area contributed by atoms with E-state index in [0.717, 1.165) is 37.0 Å². The smallest absolute Gasteiger partial charge is 0.226 e. The predicted molar refractivity (Wildman–Crippen MR) is 107 cm³/mol. The van der Waals surface area contributed by atoms with Crippen molar-refractivity contribution in [2.24, 2.45) is 0 Å². The van der Waals surface area contributed by atoms with Crippen molar-refractivity contribution in [1.82, 2.24) is 9.21 Å². The Balaban J connectivity index is 1.41. The van der Waals surface area contributed by atoms with E-state index in [1.54, 1.807) is 7.11 Å². The number of hydrogen-bond acceptors (Lipinski definition) is 5. The Morgan fingerprint density at radius 3 is 2.25 bits per heavy atom. The zero-order chi connectivity index (χ0) is 20.1. The number of likely N-dealkylation sites (tertiary alicyclic amines) is 1. The second-order valence-corrected chi connectivity index (χ2v) is 9.59. The van der Waals surface area contributed by atoms with Crippen LogP contribution in [0.4, 0.5) is 0 Å². The number of benzene rings is 1. The number of carbonyl (C=O) groups excluding carboxylic acids is 1. The molecule has 0 bridgehead atoms. The number of rotatable bonds is 6. The van der Waals surface area contributed by atoms with Gasteiger partial charge in [-0.1, -0.05) is 12.1 Å². The zero-order valence-corrected chi connectivity index (χ0v) is 17.5. The van der Waals surface area contributed by atoms with Crippen molar-refractivity contribution in [3.63, 3.8) is 0 Å². The van der Waals surface area contributed by atoms with Gasteiger partial charge in [0.1, 0.15) is 5.75 Å². The third-order valence-electron chi connectivity index (χ3n) is 5.54. The van der Waals surface area contributed by atoms with E-state index >= 15 is 0 Å². The van der Waals surface area contributed by atoms with Crippen molar-refractivity contribution >= 4 is 15.9 Å². The molecule has 8 heteroatoms. The fourth-order valence-electron chi connectivity index (χ4n) is 3.88. The molecule has 2 saturated heterocycles.